The summed E-state index contributed by atoms with van der Waals surface area (Å²) in [5.74, 6) is 1.60. The van der Waals surface area contributed by atoms with E-state index in [1.807, 2.05) is 31.2 Å². The fraction of sp³-hybridized carbons (Fsp3) is 0.316. The summed E-state index contributed by atoms with van der Waals surface area (Å²) in [7, 11) is 1.60. The minimum atomic E-state index is 0.208. The lowest BCUT2D eigenvalue weighted by Gasteiger charge is -2.12. The number of benzene rings is 2. The molecule has 0 aliphatic rings. The number of methoxy groups -OCH3 is 1. The lowest BCUT2D eigenvalue weighted by atomic mass is 10.1. The molecule has 0 atom stereocenters. The first kappa shape index (κ1) is 18.9. The molecular weight excluding hydrogens is 338 g/mol. The number of phenolic OH excluding ortho intramolecular Hbond substituents is 1. The number of ether oxygens (including phenoxy) is 1. The Balaban J connectivity index is 1.96. The minimum Gasteiger partial charge on any atom is -0.508 e. The van der Waals surface area contributed by atoms with Gasteiger partial charge >= 0.3 is 0 Å². The molecule has 2 aromatic carbocycles. The monoisotopic (exact) mass is 361 g/mol. The van der Waals surface area contributed by atoms with E-state index >= 15 is 0 Å². The number of nitrogens with one attached hydrogen (secondary N) is 2. The maximum atomic E-state index is 9.95. The van der Waals surface area contributed by atoms with E-state index in [1.165, 1.54) is 5.56 Å². The van der Waals surface area contributed by atoms with Gasteiger partial charge in [-0.3, -0.25) is 0 Å². The second kappa shape index (κ2) is 9.79. The second-order valence-electron chi connectivity index (χ2n) is 5.50. The molecule has 25 heavy (non-hydrogen) atoms. The zero-order valence-corrected chi connectivity index (χ0v) is 15.3. The average molecular weight is 362 g/mol. The van der Waals surface area contributed by atoms with E-state index in [4.69, 9.17) is 16.3 Å². The standard InChI is InChI=1S/C19H24ClN3O2/c1-3-21-19(22-10-9-14-5-4-6-16(20)11-14)23-13-15-12-17(25-2)7-8-18(15)24/h4-8,11-12,24H,3,9-10,13H2,1-2H3,(H2,21,22,23). The Bertz CT molecular complexity index is 720. The number of nitrogens with zero attached hydrogens (tertiary/aromatic N) is 1. The molecule has 0 bridgehead atoms. The van der Waals surface area contributed by atoms with Crippen molar-refractivity contribution in [2.45, 2.75) is 19.9 Å². The summed E-state index contributed by atoms with van der Waals surface area (Å²) in [6.07, 6.45) is 0.843. The molecule has 134 valence electrons. The maximum absolute atomic E-state index is 9.95. The molecule has 0 saturated heterocycles. The average Bonchev–Trinajstić information content (AvgIpc) is 2.61. The molecular formula is C19H24ClN3O2. The summed E-state index contributed by atoms with van der Waals surface area (Å²) in [5, 5.41) is 17.2. The van der Waals surface area contributed by atoms with E-state index in [-0.39, 0.29) is 5.75 Å². The molecule has 5 nitrogen and oxygen atoms in total. The summed E-state index contributed by atoms with van der Waals surface area (Å²) in [6.45, 7) is 3.86. The van der Waals surface area contributed by atoms with E-state index in [2.05, 4.69) is 15.6 Å². The molecule has 6 heteroatoms. The van der Waals surface area contributed by atoms with Crippen molar-refractivity contribution >= 4 is 17.6 Å². The van der Waals surface area contributed by atoms with Crippen LogP contribution in [0.3, 0.4) is 0 Å². The normalized spacial score (nSPS) is 11.2. The van der Waals surface area contributed by atoms with Crippen molar-refractivity contribution in [2.24, 2.45) is 4.99 Å². The van der Waals surface area contributed by atoms with Crippen molar-refractivity contribution in [3.63, 3.8) is 0 Å². The molecule has 2 aromatic rings. The lowest BCUT2D eigenvalue weighted by Crippen LogP contribution is -2.38. The molecule has 0 spiro atoms. The first-order valence-electron chi connectivity index (χ1n) is 8.25. The number of aliphatic imine (C=N–C) groups is 1. The number of aromatic hydroxyl groups is 1. The Morgan fingerprint density at radius 1 is 1.20 bits per heavy atom. The Morgan fingerprint density at radius 3 is 2.76 bits per heavy atom. The fourth-order valence-electron chi connectivity index (χ4n) is 2.34. The largest absolute Gasteiger partial charge is 0.508 e. The first-order valence-corrected chi connectivity index (χ1v) is 8.62. The van der Waals surface area contributed by atoms with Gasteiger partial charge in [-0.15, -0.1) is 0 Å². The zero-order valence-electron chi connectivity index (χ0n) is 14.6. The van der Waals surface area contributed by atoms with Crippen LogP contribution in [0.2, 0.25) is 5.02 Å². The summed E-state index contributed by atoms with van der Waals surface area (Å²) >= 11 is 6.00. The van der Waals surface area contributed by atoms with Crippen LogP contribution in [-0.4, -0.2) is 31.3 Å². The Labute approximate surface area is 153 Å². The van der Waals surface area contributed by atoms with Gasteiger partial charge in [0.15, 0.2) is 5.96 Å². The minimum absolute atomic E-state index is 0.208. The van der Waals surface area contributed by atoms with E-state index in [9.17, 15) is 5.11 Å². The number of rotatable bonds is 7. The Kier molecular flexibility index (Phi) is 7.41. The predicted octanol–water partition coefficient (Wildman–Crippen LogP) is 3.35. The van der Waals surface area contributed by atoms with Crippen molar-refractivity contribution < 1.29 is 9.84 Å². The topological polar surface area (TPSA) is 65.9 Å². The van der Waals surface area contributed by atoms with Crippen molar-refractivity contribution in [3.8, 4) is 11.5 Å². The summed E-state index contributed by atoms with van der Waals surface area (Å²) in [6, 6.07) is 12.9. The van der Waals surface area contributed by atoms with E-state index in [0.717, 1.165) is 24.5 Å². The third-order valence-electron chi connectivity index (χ3n) is 3.63. The summed E-state index contributed by atoms with van der Waals surface area (Å²) in [4.78, 5) is 4.52. The van der Waals surface area contributed by atoms with Crippen molar-refractivity contribution in [2.75, 3.05) is 20.2 Å². The SMILES string of the molecule is CCNC(=NCc1cc(OC)ccc1O)NCCc1cccc(Cl)c1. The lowest BCUT2D eigenvalue weighted by molar-refractivity contribution is 0.411. The van der Waals surface area contributed by atoms with E-state index in [1.54, 1.807) is 25.3 Å². The number of hydrogen-bond donors (Lipinski definition) is 3. The van der Waals surface area contributed by atoms with Crippen LogP contribution < -0.4 is 15.4 Å². The Hall–Kier alpha value is -2.40. The highest BCUT2D eigenvalue weighted by atomic mass is 35.5. The van der Waals surface area contributed by atoms with Gasteiger partial charge in [-0.1, -0.05) is 23.7 Å². The van der Waals surface area contributed by atoms with Crippen LogP contribution in [0.5, 0.6) is 11.5 Å². The maximum Gasteiger partial charge on any atom is 0.191 e. The van der Waals surface area contributed by atoms with Gasteiger partial charge in [0, 0.05) is 23.7 Å². The molecule has 3 N–H and O–H groups in total. The highest BCUT2D eigenvalue weighted by molar-refractivity contribution is 6.30. The van der Waals surface area contributed by atoms with Crippen LogP contribution in [0.1, 0.15) is 18.1 Å². The van der Waals surface area contributed by atoms with Crippen molar-refractivity contribution in [1.29, 1.82) is 0 Å². The summed E-state index contributed by atoms with van der Waals surface area (Å²) < 4.78 is 5.19. The van der Waals surface area contributed by atoms with Crippen LogP contribution in [0, 0.1) is 0 Å². The third kappa shape index (κ3) is 6.19. The molecule has 0 fully saturated rings. The highest BCUT2D eigenvalue weighted by Gasteiger charge is 2.04. The van der Waals surface area contributed by atoms with Crippen LogP contribution in [0.15, 0.2) is 47.5 Å². The molecule has 0 aliphatic carbocycles. The molecule has 0 heterocycles. The second-order valence-corrected chi connectivity index (χ2v) is 5.93. The van der Waals surface area contributed by atoms with Crippen molar-refractivity contribution in [3.05, 3.63) is 58.6 Å². The van der Waals surface area contributed by atoms with Gasteiger partial charge in [-0.05, 0) is 49.2 Å². The number of halogens is 1. The molecule has 0 amide bonds. The van der Waals surface area contributed by atoms with Gasteiger partial charge in [0.2, 0.25) is 0 Å². The quantitative estimate of drug-likeness (QED) is 0.522. The highest BCUT2D eigenvalue weighted by Crippen LogP contribution is 2.23. The van der Waals surface area contributed by atoms with Gasteiger partial charge in [0.05, 0.1) is 13.7 Å². The zero-order chi connectivity index (χ0) is 18.1. The van der Waals surface area contributed by atoms with Gasteiger partial charge in [-0.2, -0.15) is 0 Å². The molecule has 0 saturated carbocycles. The molecule has 2 rings (SSSR count). The smallest absolute Gasteiger partial charge is 0.191 e. The van der Waals surface area contributed by atoms with Gasteiger partial charge in [-0.25, -0.2) is 4.99 Å². The molecule has 0 aromatic heterocycles. The third-order valence-corrected chi connectivity index (χ3v) is 3.87. The van der Waals surface area contributed by atoms with Crippen LogP contribution in [0.25, 0.3) is 0 Å². The van der Waals surface area contributed by atoms with Crippen LogP contribution in [-0.2, 0) is 13.0 Å². The van der Waals surface area contributed by atoms with E-state index < -0.39 is 0 Å². The Morgan fingerprint density at radius 2 is 2.04 bits per heavy atom. The van der Waals surface area contributed by atoms with Crippen LogP contribution >= 0.6 is 11.6 Å². The molecule has 0 unspecified atom stereocenters. The molecule has 0 aliphatic heterocycles. The predicted molar refractivity (Wildman–Crippen MR) is 103 cm³/mol. The van der Waals surface area contributed by atoms with Crippen molar-refractivity contribution in [1.82, 2.24) is 10.6 Å². The van der Waals surface area contributed by atoms with Gasteiger partial charge < -0.3 is 20.5 Å². The number of guanidine groups is 1. The number of hydrogen-bond acceptors (Lipinski definition) is 3. The summed E-state index contributed by atoms with van der Waals surface area (Å²) in [5.41, 5.74) is 1.88. The molecule has 0 radical (unpaired) electrons. The van der Waals surface area contributed by atoms with Gasteiger partial charge in [0.25, 0.3) is 0 Å². The van der Waals surface area contributed by atoms with Gasteiger partial charge in [0.1, 0.15) is 11.5 Å². The first-order chi connectivity index (χ1) is 12.1. The van der Waals surface area contributed by atoms with Crippen LogP contribution in [0.4, 0.5) is 0 Å². The fourth-order valence-corrected chi connectivity index (χ4v) is 2.55. The number of phenols is 1. The van der Waals surface area contributed by atoms with E-state index in [0.29, 0.717) is 23.8 Å².